The lowest BCUT2D eigenvalue weighted by atomic mass is 9.86. The molecule has 0 aliphatic carbocycles. The van der Waals surface area contributed by atoms with E-state index in [4.69, 9.17) is 0 Å². The molecule has 248 valence electrons. The Hall–Kier alpha value is -3.90. The van der Waals surface area contributed by atoms with Gasteiger partial charge in [-0.1, -0.05) is 31.2 Å². The fourth-order valence-corrected chi connectivity index (χ4v) is 6.71. The minimum absolute atomic E-state index is 0.0266. The number of likely N-dealkylation sites (N-methyl/N-ethyl adjacent to an activating group) is 1. The number of amides is 2. The van der Waals surface area contributed by atoms with Gasteiger partial charge in [0.25, 0.3) is 5.91 Å². The van der Waals surface area contributed by atoms with Gasteiger partial charge >= 0.3 is 6.18 Å². The first-order chi connectivity index (χ1) is 21.8. The SMILES string of the molecule is CCN(CC)C(=O)C1CCC(c2ccc(C(F)(F)F)cc2)CN1c1ccc(C(=O)N[C@@H](CO)c2ccc(S(=O)(=O)CC)cc2)cc1. The highest BCUT2D eigenvalue weighted by molar-refractivity contribution is 7.91. The zero-order valence-electron chi connectivity index (χ0n) is 26.1. The molecule has 3 atom stereocenters. The molecule has 3 aromatic carbocycles. The summed E-state index contributed by atoms with van der Waals surface area (Å²) < 4.78 is 63.7. The normalized spacial score (nSPS) is 17.8. The van der Waals surface area contributed by atoms with Crippen molar-refractivity contribution < 1.29 is 36.3 Å². The first-order valence-electron chi connectivity index (χ1n) is 15.4. The van der Waals surface area contributed by atoms with E-state index in [0.29, 0.717) is 49.3 Å². The van der Waals surface area contributed by atoms with Crippen LogP contribution in [0.4, 0.5) is 18.9 Å². The highest BCUT2D eigenvalue weighted by Gasteiger charge is 2.36. The highest BCUT2D eigenvalue weighted by atomic mass is 32.2. The minimum atomic E-state index is -4.42. The lowest BCUT2D eigenvalue weighted by Crippen LogP contribution is -2.52. The largest absolute Gasteiger partial charge is 0.416 e. The van der Waals surface area contributed by atoms with Gasteiger partial charge in [0, 0.05) is 36.8 Å². The van der Waals surface area contributed by atoms with Crippen molar-refractivity contribution in [1.29, 1.82) is 0 Å². The Labute approximate surface area is 268 Å². The second kappa shape index (κ2) is 14.7. The van der Waals surface area contributed by atoms with E-state index in [9.17, 15) is 36.3 Å². The molecule has 1 fully saturated rings. The van der Waals surface area contributed by atoms with Crippen molar-refractivity contribution in [1.82, 2.24) is 10.2 Å². The molecule has 3 aromatic rings. The van der Waals surface area contributed by atoms with Gasteiger partial charge in [0.2, 0.25) is 5.91 Å². The van der Waals surface area contributed by atoms with E-state index in [1.165, 1.54) is 24.3 Å². The predicted octanol–water partition coefficient (Wildman–Crippen LogP) is 5.58. The fraction of sp³-hybridized carbons (Fsp3) is 0.412. The number of carbonyl (C=O) groups excluding carboxylic acids is 2. The molecule has 1 heterocycles. The standard InChI is InChI=1S/C34H40F3N3O5S/c1-4-39(5-2)33(43)31-20-13-26(23-7-14-27(15-8-23)34(35,36)37)21-40(31)28-16-9-25(10-17-28)32(42)38-30(22-41)24-11-18-29(19-12-24)46(44,45)6-3/h7-12,14-19,26,30-31,41H,4-6,13,20-22H2,1-3H3,(H,38,42)/t26?,30-,31?/m0/s1. The van der Waals surface area contributed by atoms with E-state index in [1.807, 2.05) is 18.7 Å². The number of aliphatic hydroxyl groups is 1. The summed E-state index contributed by atoms with van der Waals surface area (Å²) in [4.78, 5) is 30.6. The number of benzene rings is 3. The number of hydrogen-bond acceptors (Lipinski definition) is 6. The van der Waals surface area contributed by atoms with Gasteiger partial charge in [-0.2, -0.15) is 13.2 Å². The number of anilines is 1. The Morgan fingerprint density at radius 1 is 0.935 bits per heavy atom. The zero-order chi connectivity index (χ0) is 33.6. The third kappa shape index (κ3) is 7.90. The molecule has 0 radical (unpaired) electrons. The number of alkyl halides is 3. The van der Waals surface area contributed by atoms with E-state index < -0.39 is 46.2 Å². The molecular formula is C34H40F3N3O5S. The van der Waals surface area contributed by atoms with Crippen LogP contribution in [0.2, 0.25) is 0 Å². The van der Waals surface area contributed by atoms with Crippen LogP contribution in [0.3, 0.4) is 0 Å². The van der Waals surface area contributed by atoms with Crippen molar-refractivity contribution >= 4 is 27.3 Å². The van der Waals surface area contributed by atoms with Crippen molar-refractivity contribution in [2.75, 3.05) is 36.9 Å². The molecule has 0 aromatic heterocycles. The van der Waals surface area contributed by atoms with Gasteiger partial charge in [-0.25, -0.2) is 8.42 Å². The summed E-state index contributed by atoms with van der Waals surface area (Å²) in [6, 6.07) is 16.7. The molecule has 8 nitrogen and oxygen atoms in total. The third-order valence-corrected chi connectivity index (χ3v) is 10.4. The number of carbonyl (C=O) groups is 2. The van der Waals surface area contributed by atoms with Gasteiger partial charge in [0.15, 0.2) is 9.84 Å². The van der Waals surface area contributed by atoms with Crippen LogP contribution in [0.15, 0.2) is 77.7 Å². The minimum Gasteiger partial charge on any atom is -0.394 e. The number of piperidine rings is 1. The van der Waals surface area contributed by atoms with Crippen LogP contribution >= 0.6 is 0 Å². The summed E-state index contributed by atoms with van der Waals surface area (Å²) >= 11 is 0. The summed E-state index contributed by atoms with van der Waals surface area (Å²) in [7, 11) is -3.39. The van der Waals surface area contributed by atoms with E-state index in [1.54, 1.807) is 48.2 Å². The molecule has 2 unspecified atom stereocenters. The maximum Gasteiger partial charge on any atom is 0.416 e. The van der Waals surface area contributed by atoms with Crippen LogP contribution in [-0.4, -0.2) is 68.3 Å². The van der Waals surface area contributed by atoms with Gasteiger partial charge < -0.3 is 20.2 Å². The number of nitrogens with zero attached hydrogens (tertiary/aromatic N) is 2. The maximum atomic E-state index is 13.5. The number of rotatable bonds is 11. The van der Waals surface area contributed by atoms with Crippen LogP contribution in [-0.2, 0) is 20.8 Å². The Bertz CT molecular complexity index is 1590. The Morgan fingerprint density at radius 3 is 2.07 bits per heavy atom. The molecule has 12 heteroatoms. The summed E-state index contributed by atoms with van der Waals surface area (Å²) in [5.41, 5.74) is 1.61. The molecule has 2 amide bonds. The second-order valence-electron chi connectivity index (χ2n) is 11.3. The van der Waals surface area contributed by atoms with Crippen LogP contribution in [0, 0.1) is 0 Å². The number of sulfone groups is 1. The maximum absolute atomic E-state index is 13.5. The summed E-state index contributed by atoms with van der Waals surface area (Å²) in [5.74, 6) is -0.621. The quantitative estimate of drug-likeness (QED) is 0.278. The highest BCUT2D eigenvalue weighted by Crippen LogP contribution is 2.36. The van der Waals surface area contributed by atoms with Crippen molar-refractivity contribution in [2.45, 2.75) is 62.7 Å². The van der Waals surface area contributed by atoms with Gasteiger partial charge in [0.1, 0.15) is 6.04 Å². The van der Waals surface area contributed by atoms with Gasteiger partial charge in [-0.05, 0) is 86.3 Å². The molecule has 2 N–H and O–H groups in total. The molecule has 0 bridgehead atoms. The van der Waals surface area contributed by atoms with Gasteiger partial charge in [-0.15, -0.1) is 0 Å². The lowest BCUT2D eigenvalue weighted by molar-refractivity contribution is -0.137. The monoisotopic (exact) mass is 659 g/mol. The molecular weight excluding hydrogens is 619 g/mol. The zero-order valence-corrected chi connectivity index (χ0v) is 26.9. The fourth-order valence-electron chi connectivity index (χ4n) is 5.83. The molecule has 4 rings (SSSR count). The molecule has 0 spiro atoms. The van der Waals surface area contributed by atoms with E-state index >= 15 is 0 Å². The van der Waals surface area contributed by atoms with Crippen LogP contribution < -0.4 is 10.2 Å². The summed E-state index contributed by atoms with van der Waals surface area (Å²) in [6.07, 6.45) is -3.28. The predicted molar refractivity (Wildman–Crippen MR) is 170 cm³/mol. The number of aliphatic hydroxyl groups excluding tert-OH is 1. The molecule has 46 heavy (non-hydrogen) atoms. The van der Waals surface area contributed by atoms with E-state index in [-0.39, 0.29) is 22.5 Å². The Morgan fingerprint density at radius 2 is 1.54 bits per heavy atom. The smallest absolute Gasteiger partial charge is 0.394 e. The Kier molecular flexibility index (Phi) is 11.2. The number of hydrogen-bond donors (Lipinski definition) is 2. The summed E-state index contributed by atoms with van der Waals surface area (Å²) in [6.45, 7) is 6.47. The Balaban J connectivity index is 1.54. The second-order valence-corrected chi connectivity index (χ2v) is 13.6. The van der Waals surface area contributed by atoms with Gasteiger partial charge in [0.05, 0.1) is 28.9 Å². The first kappa shape index (κ1) is 35.0. The van der Waals surface area contributed by atoms with Crippen molar-refractivity contribution in [3.63, 3.8) is 0 Å². The van der Waals surface area contributed by atoms with Crippen molar-refractivity contribution in [3.05, 3.63) is 95.1 Å². The topological polar surface area (TPSA) is 107 Å². The average Bonchev–Trinajstić information content (AvgIpc) is 3.07. The molecule has 1 saturated heterocycles. The number of nitrogens with one attached hydrogen (secondary N) is 1. The van der Waals surface area contributed by atoms with E-state index in [0.717, 1.165) is 17.7 Å². The van der Waals surface area contributed by atoms with Crippen molar-refractivity contribution in [2.24, 2.45) is 0 Å². The summed E-state index contributed by atoms with van der Waals surface area (Å²) in [5, 5.41) is 12.8. The first-order valence-corrected chi connectivity index (χ1v) is 17.0. The molecule has 1 aliphatic heterocycles. The van der Waals surface area contributed by atoms with Gasteiger partial charge in [-0.3, -0.25) is 9.59 Å². The molecule has 1 aliphatic rings. The van der Waals surface area contributed by atoms with Crippen LogP contribution in [0.25, 0.3) is 0 Å². The lowest BCUT2D eigenvalue weighted by Gasteiger charge is -2.42. The average molecular weight is 660 g/mol. The molecule has 0 saturated carbocycles. The van der Waals surface area contributed by atoms with Crippen molar-refractivity contribution in [3.8, 4) is 0 Å². The number of halogens is 3. The van der Waals surface area contributed by atoms with E-state index in [2.05, 4.69) is 5.32 Å². The van der Waals surface area contributed by atoms with Crippen LogP contribution in [0.5, 0.6) is 0 Å². The van der Waals surface area contributed by atoms with Crippen LogP contribution in [0.1, 0.15) is 72.6 Å². The third-order valence-electron chi connectivity index (χ3n) is 8.62.